The topological polar surface area (TPSA) is 47.1 Å². The van der Waals surface area contributed by atoms with Crippen LogP contribution in [0.5, 0.6) is 0 Å². The third kappa shape index (κ3) is 5.90. The highest BCUT2D eigenvalue weighted by Crippen LogP contribution is 2.21. The lowest BCUT2D eigenvalue weighted by atomic mass is 10.1. The fraction of sp³-hybridized carbons (Fsp3) is 0.500. The highest BCUT2D eigenvalue weighted by atomic mass is 15.2. The Kier molecular flexibility index (Phi) is 8.30. The molecule has 4 heteroatoms. The van der Waals surface area contributed by atoms with Crippen molar-refractivity contribution < 1.29 is 0 Å². The summed E-state index contributed by atoms with van der Waals surface area (Å²) >= 11 is 0. The van der Waals surface area contributed by atoms with Gasteiger partial charge in [-0.3, -0.25) is 4.68 Å². The van der Waals surface area contributed by atoms with Crippen LogP contribution in [0.1, 0.15) is 33.1 Å². The number of anilines is 1. The van der Waals surface area contributed by atoms with Crippen LogP contribution in [0.3, 0.4) is 0 Å². The second-order valence-corrected chi connectivity index (χ2v) is 5.46. The van der Waals surface area contributed by atoms with E-state index in [9.17, 15) is 0 Å². The molecule has 2 N–H and O–H groups in total. The van der Waals surface area contributed by atoms with Crippen molar-refractivity contribution in [3.05, 3.63) is 36.7 Å². The molecule has 1 aromatic heterocycles. The number of nitrogens with zero attached hydrogens (tertiary/aromatic N) is 3. The van der Waals surface area contributed by atoms with Gasteiger partial charge in [0.2, 0.25) is 0 Å². The van der Waals surface area contributed by atoms with Crippen LogP contribution in [0.4, 0.5) is 5.69 Å². The van der Waals surface area contributed by atoms with E-state index >= 15 is 0 Å². The van der Waals surface area contributed by atoms with Gasteiger partial charge in [-0.15, -0.1) is 0 Å². The maximum absolute atomic E-state index is 5.21. The van der Waals surface area contributed by atoms with E-state index in [-0.39, 0.29) is 0 Å². The van der Waals surface area contributed by atoms with Gasteiger partial charge in [0.05, 0.1) is 6.20 Å². The molecule has 1 heterocycles. The first-order valence-electron chi connectivity index (χ1n) is 8.12. The van der Waals surface area contributed by atoms with Crippen molar-refractivity contribution >= 4 is 5.69 Å². The molecule has 0 saturated carbocycles. The zero-order chi connectivity index (χ0) is 16.4. The molecule has 2 aromatic rings. The van der Waals surface area contributed by atoms with E-state index in [0.717, 1.165) is 18.7 Å². The highest BCUT2D eigenvalue weighted by Gasteiger charge is 2.01. The van der Waals surface area contributed by atoms with Gasteiger partial charge in [0.1, 0.15) is 0 Å². The molecule has 0 fully saturated rings. The summed E-state index contributed by atoms with van der Waals surface area (Å²) in [7, 11) is 4.03. The quantitative estimate of drug-likeness (QED) is 0.828. The summed E-state index contributed by atoms with van der Waals surface area (Å²) in [6.45, 7) is 6.20. The van der Waals surface area contributed by atoms with Gasteiger partial charge in [-0.2, -0.15) is 5.10 Å². The van der Waals surface area contributed by atoms with E-state index in [2.05, 4.69) is 55.2 Å². The zero-order valence-electron chi connectivity index (χ0n) is 14.4. The van der Waals surface area contributed by atoms with Crippen molar-refractivity contribution in [2.45, 2.75) is 33.1 Å². The summed E-state index contributed by atoms with van der Waals surface area (Å²) in [5.41, 5.74) is 8.83. The third-order valence-corrected chi connectivity index (χ3v) is 3.63. The second kappa shape index (κ2) is 10.0. The number of unbranched alkanes of at least 4 members (excludes halogenated alkanes) is 2. The lowest BCUT2D eigenvalue weighted by Gasteiger charge is -2.16. The fourth-order valence-corrected chi connectivity index (χ4v) is 2.06. The summed E-state index contributed by atoms with van der Waals surface area (Å²) in [5.74, 6) is 0. The van der Waals surface area contributed by atoms with Crippen LogP contribution in [0.15, 0.2) is 36.7 Å². The van der Waals surface area contributed by atoms with Crippen LogP contribution in [0.25, 0.3) is 11.1 Å². The molecule has 0 aliphatic carbocycles. The molecule has 0 bridgehead atoms. The number of benzene rings is 1. The van der Waals surface area contributed by atoms with E-state index in [0.29, 0.717) is 0 Å². The van der Waals surface area contributed by atoms with E-state index < -0.39 is 0 Å². The Labute approximate surface area is 134 Å². The first kappa shape index (κ1) is 18.2. The number of hydrogen-bond donors (Lipinski definition) is 1. The summed E-state index contributed by atoms with van der Waals surface area (Å²) in [4.78, 5) is 2.22. The first-order valence-corrected chi connectivity index (χ1v) is 8.12. The third-order valence-electron chi connectivity index (χ3n) is 3.63. The molecule has 0 spiro atoms. The smallest absolute Gasteiger partial charge is 0.0568 e. The van der Waals surface area contributed by atoms with Gasteiger partial charge in [-0.1, -0.05) is 31.9 Å². The van der Waals surface area contributed by atoms with Crippen LogP contribution >= 0.6 is 0 Å². The SMILES string of the molecule is CCCCCN.CCN(C)c1ccc(-c2cnn(C)c2)cc1. The number of nitrogens with two attached hydrogens (primary N) is 1. The maximum Gasteiger partial charge on any atom is 0.0568 e. The van der Waals surface area contributed by atoms with Gasteiger partial charge in [0, 0.05) is 38.1 Å². The Morgan fingerprint density at radius 1 is 1.09 bits per heavy atom. The van der Waals surface area contributed by atoms with Gasteiger partial charge < -0.3 is 10.6 Å². The summed E-state index contributed by atoms with van der Waals surface area (Å²) in [6.07, 6.45) is 7.67. The summed E-state index contributed by atoms with van der Waals surface area (Å²) in [5, 5.41) is 4.17. The minimum Gasteiger partial charge on any atom is -0.375 e. The summed E-state index contributed by atoms with van der Waals surface area (Å²) < 4.78 is 1.82. The molecule has 0 unspecified atom stereocenters. The van der Waals surface area contributed by atoms with Crippen molar-refractivity contribution in [3.8, 4) is 11.1 Å². The van der Waals surface area contributed by atoms with Gasteiger partial charge in [-0.25, -0.2) is 0 Å². The molecule has 0 amide bonds. The maximum atomic E-state index is 5.21. The standard InChI is InChI=1S/C13H17N3.C5H13N/c1-4-15(2)13-7-5-11(6-8-13)12-9-14-16(3)10-12;1-2-3-4-5-6/h5-10H,4H2,1-3H3;2-6H2,1H3. The van der Waals surface area contributed by atoms with Crippen molar-refractivity contribution in [3.63, 3.8) is 0 Å². The molecule has 0 saturated heterocycles. The Morgan fingerprint density at radius 3 is 2.18 bits per heavy atom. The second-order valence-electron chi connectivity index (χ2n) is 5.46. The van der Waals surface area contributed by atoms with Crippen molar-refractivity contribution in [1.29, 1.82) is 0 Å². The number of aryl methyl sites for hydroxylation is 1. The number of aromatic nitrogens is 2. The van der Waals surface area contributed by atoms with Crippen LogP contribution in [-0.2, 0) is 7.05 Å². The molecule has 1 aromatic carbocycles. The largest absolute Gasteiger partial charge is 0.375 e. The molecule has 4 nitrogen and oxygen atoms in total. The summed E-state index contributed by atoms with van der Waals surface area (Å²) in [6, 6.07) is 8.56. The Balaban J connectivity index is 0.000000346. The number of hydrogen-bond acceptors (Lipinski definition) is 3. The lowest BCUT2D eigenvalue weighted by molar-refractivity contribution is 0.727. The average molecular weight is 302 g/mol. The Bertz CT molecular complexity index is 512. The predicted octanol–water partition coefficient (Wildman–Crippen LogP) is 3.68. The van der Waals surface area contributed by atoms with Crippen molar-refractivity contribution in [1.82, 2.24) is 9.78 Å². The first-order chi connectivity index (χ1) is 10.6. The van der Waals surface area contributed by atoms with Crippen LogP contribution in [0, 0.1) is 0 Å². The molecule has 122 valence electrons. The molecular formula is C18H30N4. The van der Waals surface area contributed by atoms with E-state index in [1.807, 2.05) is 24.1 Å². The lowest BCUT2D eigenvalue weighted by Crippen LogP contribution is -2.15. The van der Waals surface area contributed by atoms with Crippen LogP contribution < -0.4 is 10.6 Å². The number of rotatable bonds is 6. The van der Waals surface area contributed by atoms with Gasteiger partial charge in [0.15, 0.2) is 0 Å². The van der Waals surface area contributed by atoms with Crippen LogP contribution in [-0.4, -0.2) is 29.9 Å². The minimum absolute atomic E-state index is 0.855. The molecule has 22 heavy (non-hydrogen) atoms. The average Bonchev–Trinajstić information content (AvgIpc) is 2.99. The monoisotopic (exact) mass is 302 g/mol. The minimum atomic E-state index is 0.855. The van der Waals surface area contributed by atoms with E-state index in [1.165, 1.54) is 30.5 Å². The molecule has 0 aliphatic rings. The van der Waals surface area contributed by atoms with E-state index in [4.69, 9.17) is 5.73 Å². The van der Waals surface area contributed by atoms with E-state index in [1.54, 1.807) is 0 Å². The van der Waals surface area contributed by atoms with Crippen molar-refractivity contribution in [2.75, 3.05) is 25.0 Å². The molecular weight excluding hydrogens is 272 g/mol. The molecule has 0 radical (unpaired) electrons. The Morgan fingerprint density at radius 2 is 1.77 bits per heavy atom. The van der Waals surface area contributed by atoms with Gasteiger partial charge in [0.25, 0.3) is 0 Å². The fourth-order valence-electron chi connectivity index (χ4n) is 2.06. The molecule has 0 aliphatic heterocycles. The molecule has 0 atom stereocenters. The van der Waals surface area contributed by atoms with Crippen LogP contribution in [0.2, 0.25) is 0 Å². The Hall–Kier alpha value is -1.81. The zero-order valence-corrected chi connectivity index (χ0v) is 14.4. The molecule has 2 rings (SSSR count). The van der Waals surface area contributed by atoms with Crippen molar-refractivity contribution in [2.24, 2.45) is 12.8 Å². The highest BCUT2D eigenvalue weighted by molar-refractivity contribution is 5.64. The van der Waals surface area contributed by atoms with Gasteiger partial charge >= 0.3 is 0 Å². The predicted molar refractivity (Wildman–Crippen MR) is 96.2 cm³/mol. The van der Waals surface area contributed by atoms with Gasteiger partial charge in [-0.05, 0) is 37.6 Å². The normalized spacial score (nSPS) is 10.0.